The zero-order chi connectivity index (χ0) is 13.7. The molecule has 0 fully saturated rings. The number of aromatic nitrogens is 1. The van der Waals surface area contributed by atoms with Gasteiger partial charge in [-0.25, -0.2) is 0 Å². The van der Waals surface area contributed by atoms with Gasteiger partial charge >= 0.3 is 0 Å². The predicted octanol–water partition coefficient (Wildman–Crippen LogP) is 1.44. The summed E-state index contributed by atoms with van der Waals surface area (Å²) in [4.78, 5) is 29.1. The van der Waals surface area contributed by atoms with Crippen molar-refractivity contribution in [2.24, 2.45) is 0 Å². The Morgan fingerprint density at radius 3 is 2.72 bits per heavy atom. The van der Waals surface area contributed by atoms with Gasteiger partial charge in [0, 0.05) is 30.5 Å². The average molecular weight is 314 g/mol. The Morgan fingerprint density at radius 2 is 2.17 bits per heavy atom. The fourth-order valence-electron chi connectivity index (χ4n) is 1.36. The van der Waals surface area contributed by atoms with Gasteiger partial charge in [0.2, 0.25) is 5.91 Å². The molecule has 1 rings (SSSR count). The fourth-order valence-corrected chi connectivity index (χ4v) is 1.73. The Hall–Kier alpha value is -1.43. The van der Waals surface area contributed by atoms with Crippen molar-refractivity contribution in [2.45, 2.75) is 19.9 Å². The number of carbonyl (C=O) groups is 2. The maximum absolute atomic E-state index is 11.9. The molecule has 18 heavy (non-hydrogen) atoms. The van der Waals surface area contributed by atoms with E-state index in [1.807, 2.05) is 6.92 Å². The molecule has 0 spiro atoms. The van der Waals surface area contributed by atoms with E-state index in [2.05, 4.69) is 26.2 Å². The molecule has 0 saturated heterocycles. The van der Waals surface area contributed by atoms with Gasteiger partial charge in [-0.05, 0) is 35.8 Å². The van der Waals surface area contributed by atoms with Crippen LogP contribution in [0.3, 0.4) is 0 Å². The molecule has 1 atom stereocenters. The molecule has 0 radical (unpaired) electrons. The van der Waals surface area contributed by atoms with E-state index in [1.165, 1.54) is 6.20 Å². The molecule has 0 aliphatic carbocycles. The summed E-state index contributed by atoms with van der Waals surface area (Å²) in [5.41, 5.74) is 0.420. The lowest BCUT2D eigenvalue weighted by Gasteiger charge is -2.20. The lowest BCUT2D eigenvalue weighted by Crippen LogP contribution is -2.45. The van der Waals surface area contributed by atoms with Gasteiger partial charge in [0.05, 0.1) is 5.56 Å². The second kappa shape index (κ2) is 6.49. The van der Waals surface area contributed by atoms with Gasteiger partial charge in [-0.2, -0.15) is 0 Å². The van der Waals surface area contributed by atoms with Crippen molar-refractivity contribution in [3.05, 3.63) is 28.5 Å². The standard InChI is InChI=1S/C12H16BrN3O2/c1-4-16(3)12(18)8(2)15-11(17)9-5-10(13)7-14-6-9/h5-8H,4H2,1-3H3,(H,15,17). The van der Waals surface area contributed by atoms with Crippen LogP contribution < -0.4 is 5.32 Å². The van der Waals surface area contributed by atoms with Gasteiger partial charge in [0.25, 0.3) is 5.91 Å². The predicted molar refractivity (Wildman–Crippen MR) is 72.2 cm³/mol. The normalized spacial score (nSPS) is 11.8. The quantitative estimate of drug-likeness (QED) is 0.915. The summed E-state index contributed by atoms with van der Waals surface area (Å²) in [6.45, 7) is 4.15. The summed E-state index contributed by atoms with van der Waals surface area (Å²) in [6, 6.07) is 1.10. The van der Waals surface area contributed by atoms with Gasteiger partial charge in [0.1, 0.15) is 6.04 Å². The molecule has 0 aliphatic heterocycles. The monoisotopic (exact) mass is 313 g/mol. The molecular weight excluding hydrogens is 298 g/mol. The molecule has 6 heteroatoms. The summed E-state index contributed by atoms with van der Waals surface area (Å²) in [7, 11) is 1.70. The van der Waals surface area contributed by atoms with Crippen LogP contribution in [0.2, 0.25) is 0 Å². The Kier molecular flexibility index (Phi) is 5.27. The van der Waals surface area contributed by atoms with E-state index in [9.17, 15) is 9.59 Å². The van der Waals surface area contributed by atoms with Crippen LogP contribution in [0.4, 0.5) is 0 Å². The van der Waals surface area contributed by atoms with Crippen molar-refractivity contribution in [3.8, 4) is 0 Å². The highest BCUT2D eigenvalue weighted by Gasteiger charge is 2.19. The Balaban J connectivity index is 2.68. The number of likely N-dealkylation sites (N-methyl/N-ethyl adjacent to an activating group) is 1. The van der Waals surface area contributed by atoms with Crippen molar-refractivity contribution in [1.29, 1.82) is 0 Å². The summed E-state index contributed by atoms with van der Waals surface area (Å²) >= 11 is 3.24. The number of carbonyl (C=O) groups excluding carboxylic acids is 2. The first kappa shape index (κ1) is 14.6. The van der Waals surface area contributed by atoms with E-state index < -0.39 is 6.04 Å². The van der Waals surface area contributed by atoms with Crippen LogP contribution in [-0.2, 0) is 4.79 Å². The molecular formula is C12H16BrN3O2. The average Bonchev–Trinajstić information content (AvgIpc) is 2.36. The molecule has 1 unspecified atom stereocenters. The number of rotatable bonds is 4. The molecule has 0 bridgehead atoms. The molecule has 5 nitrogen and oxygen atoms in total. The number of nitrogens with one attached hydrogen (secondary N) is 1. The Morgan fingerprint density at radius 1 is 1.50 bits per heavy atom. The van der Waals surface area contributed by atoms with E-state index >= 15 is 0 Å². The highest BCUT2D eigenvalue weighted by atomic mass is 79.9. The number of amides is 2. The van der Waals surface area contributed by atoms with Crippen molar-refractivity contribution in [1.82, 2.24) is 15.2 Å². The summed E-state index contributed by atoms with van der Waals surface area (Å²) < 4.78 is 0.722. The molecule has 1 aromatic rings. The van der Waals surface area contributed by atoms with Gasteiger partial charge in [-0.1, -0.05) is 0 Å². The minimum atomic E-state index is -0.554. The third-order valence-electron chi connectivity index (χ3n) is 2.54. The van der Waals surface area contributed by atoms with E-state index in [1.54, 1.807) is 31.1 Å². The van der Waals surface area contributed by atoms with E-state index in [0.29, 0.717) is 12.1 Å². The van der Waals surface area contributed by atoms with Gasteiger partial charge in [-0.15, -0.1) is 0 Å². The molecule has 0 saturated carbocycles. The van der Waals surface area contributed by atoms with Crippen molar-refractivity contribution in [3.63, 3.8) is 0 Å². The number of nitrogens with zero attached hydrogens (tertiary/aromatic N) is 2. The molecule has 98 valence electrons. The minimum absolute atomic E-state index is 0.117. The van der Waals surface area contributed by atoms with Crippen LogP contribution in [-0.4, -0.2) is 41.3 Å². The topological polar surface area (TPSA) is 62.3 Å². The summed E-state index contributed by atoms with van der Waals surface area (Å²) in [5, 5.41) is 2.65. The first-order chi connectivity index (χ1) is 8.45. The highest BCUT2D eigenvalue weighted by Crippen LogP contribution is 2.09. The van der Waals surface area contributed by atoms with Gasteiger partial charge in [0.15, 0.2) is 0 Å². The maximum Gasteiger partial charge on any atom is 0.253 e. The summed E-state index contributed by atoms with van der Waals surface area (Å²) in [5.74, 6) is -0.428. The second-order valence-electron chi connectivity index (χ2n) is 3.94. The Labute approximate surface area is 115 Å². The largest absolute Gasteiger partial charge is 0.344 e. The minimum Gasteiger partial charge on any atom is -0.344 e. The van der Waals surface area contributed by atoms with Crippen LogP contribution in [0.15, 0.2) is 22.9 Å². The van der Waals surface area contributed by atoms with Gasteiger partial charge < -0.3 is 10.2 Å². The molecule has 1 heterocycles. The smallest absolute Gasteiger partial charge is 0.253 e. The van der Waals surface area contributed by atoms with Crippen LogP contribution in [0, 0.1) is 0 Å². The van der Waals surface area contributed by atoms with Crippen LogP contribution in [0.5, 0.6) is 0 Å². The number of pyridine rings is 1. The van der Waals surface area contributed by atoms with Gasteiger partial charge in [-0.3, -0.25) is 14.6 Å². The zero-order valence-corrected chi connectivity index (χ0v) is 12.2. The first-order valence-corrected chi connectivity index (χ1v) is 6.41. The van der Waals surface area contributed by atoms with E-state index in [4.69, 9.17) is 0 Å². The molecule has 2 amide bonds. The lowest BCUT2D eigenvalue weighted by molar-refractivity contribution is -0.131. The van der Waals surface area contributed by atoms with E-state index in [0.717, 1.165) is 4.47 Å². The van der Waals surface area contributed by atoms with Crippen molar-refractivity contribution >= 4 is 27.7 Å². The van der Waals surface area contributed by atoms with Crippen LogP contribution in [0.25, 0.3) is 0 Å². The van der Waals surface area contributed by atoms with Crippen LogP contribution in [0.1, 0.15) is 24.2 Å². The van der Waals surface area contributed by atoms with Crippen LogP contribution >= 0.6 is 15.9 Å². The highest BCUT2D eigenvalue weighted by molar-refractivity contribution is 9.10. The molecule has 1 aromatic heterocycles. The molecule has 0 aliphatic rings. The summed E-state index contributed by atoms with van der Waals surface area (Å²) in [6.07, 6.45) is 3.05. The zero-order valence-electron chi connectivity index (χ0n) is 10.6. The van der Waals surface area contributed by atoms with E-state index in [-0.39, 0.29) is 11.8 Å². The van der Waals surface area contributed by atoms with Crippen molar-refractivity contribution < 1.29 is 9.59 Å². The number of hydrogen-bond donors (Lipinski definition) is 1. The first-order valence-electron chi connectivity index (χ1n) is 5.62. The Bertz CT molecular complexity index is 451. The lowest BCUT2D eigenvalue weighted by atomic mass is 10.2. The number of halogens is 1. The molecule has 1 N–H and O–H groups in total. The molecule has 0 aromatic carbocycles. The third kappa shape index (κ3) is 3.80. The second-order valence-corrected chi connectivity index (χ2v) is 4.86. The maximum atomic E-state index is 11.9. The van der Waals surface area contributed by atoms with Crippen molar-refractivity contribution in [2.75, 3.05) is 13.6 Å². The fraction of sp³-hybridized carbons (Fsp3) is 0.417. The third-order valence-corrected chi connectivity index (χ3v) is 2.97. The number of hydrogen-bond acceptors (Lipinski definition) is 3. The SMILES string of the molecule is CCN(C)C(=O)C(C)NC(=O)c1cncc(Br)c1.